The second-order valence-corrected chi connectivity index (χ2v) is 10.1. The van der Waals surface area contributed by atoms with Gasteiger partial charge in [0.25, 0.3) is 11.5 Å². The molecule has 0 radical (unpaired) electrons. The molecule has 2 aromatic carbocycles. The van der Waals surface area contributed by atoms with Gasteiger partial charge in [0, 0.05) is 12.6 Å². The molecule has 0 unspecified atom stereocenters. The van der Waals surface area contributed by atoms with Gasteiger partial charge in [0.05, 0.1) is 41.3 Å². The van der Waals surface area contributed by atoms with Crippen molar-refractivity contribution in [3.05, 3.63) is 90.6 Å². The lowest BCUT2D eigenvalue weighted by Gasteiger charge is -2.25. The number of carbonyl (C=O) groups excluding carboxylic acids is 2. The van der Waals surface area contributed by atoms with Crippen LogP contribution in [-0.4, -0.2) is 36.2 Å². The maximum atomic E-state index is 14.0. The standard InChI is InChI=1S/C28H27N3O5S/c1-6-35-18-13-11-17(12-14-18)23-21(27(34)36-15(2)3)16(4)29-28-31(23)26(33)24(37-28)22-19-9-7-8-10-20(19)30(5)25(22)32/h7-15,23H,6H2,1-5H3/b24-22+/t23-/m1/s1. The number of thiazole rings is 1. The van der Waals surface area contributed by atoms with Crippen LogP contribution in [0.25, 0.3) is 5.57 Å². The summed E-state index contributed by atoms with van der Waals surface area (Å²) in [6.45, 7) is 7.71. The molecule has 1 amide bonds. The molecule has 1 atom stereocenters. The van der Waals surface area contributed by atoms with E-state index >= 15 is 0 Å². The Morgan fingerprint density at radius 3 is 2.49 bits per heavy atom. The lowest BCUT2D eigenvalue weighted by Crippen LogP contribution is -2.41. The lowest BCUT2D eigenvalue weighted by atomic mass is 9.95. The van der Waals surface area contributed by atoms with Crippen molar-refractivity contribution in [1.82, 2.24) is 4.57 Å². The third kappa shape index (κ3) is 4.09. The molecule has 3 aromatic rings. The second-order valence-electron chi connectivity index (χ2n) is 9.11. The van der Waals surface area contributed by atoms with Crippen molar-refractivity contribution in [3.8, 4) is 5.75 Å². The Balaban J connectivity index is 1.78. The number of ether oxygens (including phenoxy) is 2. The molecule has 0 spiro atoms. The third-order valence-electron chi connectivity index (χ3n) is 6.35. The average molecular weight is 518 g/mol. The van der Waals surface area contributed by atoms with Gasteiger partial charge in [-0.1, -0.05) is 41.7 Å². The lowest BCUT2D eigenvalue weighted by molar-refractivity contribution is -0.143. The molecule has 0 N–H and O–H groups in total. The van der Waals surface area contributed by atoms with E-state index in [1.165, 1.54) is 4.57 Å². The number of nitrogens with zero attached hydrogens (tertiary/aromatic N) is 3. The van der Waals surface area contributed by atoms with Crippen LogP contribution in [0, 0.1) is 0 Å². The van der Waals surface area contributed by atoms with E-state index in [0.717, 1.165) is 17.0 Å². The number of fused-ring (bicyclic) bond motifs is 2. The molecule has 2 aliphatic heterocycles. The number of amides is 1. The molecule has 0 saturated heterocycles. The third-order valence-corrected chi connectivity index (χ3v) is 7.40. The maximum Gasteiger partial charge on any atom is 0.338 e. The van der Waals surface area contributed by atoms with Crippen molar-refractivity contribution in [2.24, 2.45) is 4.99 Å². The highest BCUT2D eigenvalue weighted by atomic mass is 32.1. The van der Waals surface area contributed by atoms with Crippen LogP contribution in [0.15, 0.2) is 69.6 Å². The molecule has 3 heterocycles. The summed E-state index contributed by atoms with van der Waals surface area (Å²) in [5.74, 6) is -0.0987. The van der Waals surface area contributed by atoms with E-state index in [-0.39, 0.29) is 23.1 Å². The van der Waals surface area contributed by atoms with Crippen LogP contribution in [0.5, 0.6) is 5.75 Å². The Hall–Kier alpha value is -3.98. The van der Waals surface area contributed by atoms with Crippen molar-refractivity contribution in [3.63, 3.8) is 0 Å². The van der Waals surface area contributed by atoms with Crippen LogP contribution >= 0.6 is 11.3 Å². The van der Waals surface area contributed by atoms with Crippen molar-refractivity contribution in [1.29, 1.82) is 0 Å². The number of hydrogen-bond donors (Lipinski definition) is 0. The fourth-order valence-electron chi connectivity index (χ4n) is 4.73. The molecule has 0 aliphatic carbocycles. The summed E-state index contributed by atoms with van der Waals surface area (Å²) in [7, 11) is 1.69. The average Bonchev–Trinajstić information content (AvgIpc) is 3.31. The first-order chi connectivity index (χ1) is 17.7. The molecule has 190 valence electrons. The number of aromatic nitrogens is 1. The van der Waals surface area contributed by atoms with Crippen LogP contribution in [0.2, 0.25) is 0 Å². The maximum absolute atomic E-state index is 14.0. The summed E-state index contributed by atoms with van der Waals surface area (Å²) in [5, 5.41) is 0. The van der Waals surface area contributed by atoms with Gasteiger partial charge in [0.15, 0.2) is 4.80 Å². The van der Waals surface area contributed by atoms with Gasteiger partial charge in [-0.2, -0.15) is 0 Å². The quantitative estimate of drug-likeness (QED) is 0.486. The number of anilines is 1. The second kappa shape index (κ2) is 9.48. The number of hydrogen-bond acceptors (Lipinski definition) is 7. The van der Waals surface area contributed by atoms with E-state index in [0.29, 0.717) is 44.1 Å². The Morgan fingerprint density at radius 2 is 1.81 bits per heavy atom. The number of rotatable bonds is 5. The molecule has 1 aromatic heterocycles. The van der Waals surface area contributed by atoms with Gasteiger partial charge in [0.1, 0.15) is 10.3 Å². The summed E-state index contributed by atoms with van der Waals surface area (Å²) in [6.07, 6.45) is -0.344. The summed E-state index contributed by atoms with van der Waals surface area (Å²) < 4.78 is 12.9. The highest BCUT2D eigenvalue weighted by Gasteiger charge is 2.36. The molecular weight excluding hydrogens is 490 g/mol. The Bertz CT molecular complexity index is 1630. The highest BCUT2D eigenvalue weighted by molar-refractivity contribution is 7.07. The zero-order valence-corrected chi connectivity index (χ0v) is 22.1. The largest absolute Gasteiger partial charge is 0.494 e. The van der Waals surface area contributed by atoms with E-state index in [1.807, 2.05) is 55.5 Å². The number of carbonyl (C=O) groups is 2. The van der Waals surface area contributed by atoms with Gasteiger partial charge < -0.3 is 14.4 Å². The SMILES string of the molecule is CCOc1ccc([C@@H]2C(C(=O)OC(C)C)=C(C)N=c3s/c(=C4/C(=O)N(C)c5ccccc54)c(=O)n32)cc1. The zero-order chi connectivity index (χ0) is 26.4. The predicted molar refractivity (Wildman–Crippen MR) is 141 cm³/mol. The summed E-state index contributed by atoms with van der Waals surface area (Å²) >= 11 is 1.16. The minimum absolute atomic E-state index is 0.251. The Kier molecular flexibility index (Phi) is 6.33. The fraction of sp³-hybridized carbons (Fsp3) is 0.286. The Labute approximate surface area is 217 Å². The molecule has 0 bridgehead atoms. The Morgan fingerprint density at radius 1 is 1.11 bits per heavy atom. The van der Waals surface area contributed by atoms with Crippen LogP contribution in [0.3, 0.4) is 0 Å². The van der Waals surface area contributed by atoms with Crippen molar-refractivity contribution < 1.29 is 19.1 Å². The van der Waals surface area contributed by atoms with E-state index in [9.17, 15) is 14.4 Å². The molecule has 0 fully saturated rings. The molecule has 9 heteroatoms. The van der Waals surface area contributed by atoms with Gasteiger partial charge in [-0.05, 0) is 51.5 Å². The van der Waals surface area contributed by atoms with Crippen LogP contribution in [0.1, 0.15) is 44.9 Å². The van der Waals surface area contributed by atoms with Crippen LogP contribution in [0.4, 0.5) is 5.69 Å². The van der Waals surface area contributed by atoms with Crippen LogP contribution in [-0.2, 0) is 14.3 Å². The number of benzene rings is 2. The highest BCUT2D eigenvalue weighted by Crippen LogP contribution is 2.35. The first kappa shape index (κ1) is 24.7. The smallest absolute Gasteiger partial charge is 0.338 e. The number of likely N-dealkylation sites (N-methyl/N-ethyl adjacent to an activating group) is 1. The van der Waals surface area contributed by atoms with Gasteiger partial charge in [-0.15, -0.1) is 0 Å². The minimum atomic E-state index is -0.767. The molecule has 0 saturated carbocycles. The van der Waals surface area contributed by atoms with Crippen LogP contribution < -0.4 is 24.5 Å². The minimum Gasteiger partial charge on any atom is -0.494 e. The molecule has 2 aliphatic rings. The zero-order valence-electron chi connectivity index (χ0n) is 21.3. The monoisotopic (exact) mass is 517 g/mol. The van der Waals surface area contributed by atoms with Gasteiger partial charge in [-0.3, -0.25) is 14.2 Å². The first-order valence-electron chi connectivity index (χ1n) is 12.1. The molecule has 37 heavy (non-hydrogen) atoms. The fourth-order valence-corrected chi connectivity index (χ4v) is 5.87. The number of esters is 1. The first-order valence-corrected chi connectivity index (χ1v) is 12.9. The van der Waals surface area contributed by atoms with Crippen molar-refractivity contribution in [2.45, 2.75) is 39.8 Å². The van der Waals surface area contributed by atoms with Gasteiger partial charge >= 0.3 is 5.97 Å². The number of para-hydroxylation sites is 1. The topological polar surface area (TPSA) is 90.2 Å². The molecule has 5 rings (SSSR count). The summed E-state index contributed by atoms with van der Waals surface area (Å²) in [6, 6.07) is 13.9. The van der Waals surface area contributed by atoms with E-state index in [2.05, 4.69) is 4.99 Å². The molecular formula is C28H27N3O5S. The summed E-state index contributed by atoms with van der Waals surface area (Å²) in [5.41, 5.74) is 2.89. The molecule has 8 nitrogen and oxygen atoms in total. The normalized spacial score (nSPS) is 18.1. The van der Waals surface area contributed by atoms with E-state index < -0.39 is 12.0 Å². The van der Waals surface area contributed by atoms with E-state index in [4.69, 9.17) is 9.47 Å². The van der Waals surface area contributed by atoms with Crippen molar-refractivity contribution in [2.75, 3.05) is 18.6 Å². The van der Waals surface area contributed by atoms with Crippen molar-refractivity contribution >= 4 is 34.5 Å². The number of allylic oxidation sites excluding steroid dienone is 1. The van der Waals surface area contributed by atoms with Gasteiger partial charge in [0.2, 0.25) is 0 Å². The van der Waals surface area contributed by atoms with Gasteiger partial charge in [-0.25, -0.2) is 9.79 Å². The van der Waals surface area contributed by atoms with E-state index in [1.54, 1.807) is 32.7 Å². The predicted octanol–water partition coefficient (Wildman–Crippen LogP) is 2.93. The summed E-state index contributed by atoms with van der Waals surface area (Å²) in [4.78, 5) is 47.2.